The molecule has 0 spiro atoms. The number of ether oxygens (including phenoxy) is 5. The van der Waals surface area contributed by atoms with E-state index in [-0.39, 0.29) is 5.78 Å². The van der Waals surface area contributed by atoms with Gasteiger partial charge in [-0.15, -0.1) is 0 Å². The maximum absolute atomic E-state index is 12.7. The smallest absolute Gasteiger partial charge is 0.204 e. The van der Waals surface area contributed by atoms with E-state index >= 15 is 0 Å². The first-order valence-electron chi connectivity index (χ1n) is 7.93. The second-order valence-electron chi connectivity index (χ2n) is 5.32. The molecule has 2 aromatic carbocycles. The molecule has 0 saturated carbocycles. The van der Waals surface area contributed by atoms with Crippen LogP contribution in [0.5, 0.6) is 28.7 Å². The normalized spacial score (nSPS) is 10.6. The van der Waals surface area contributed by atoms with Crippen molar-refractivity contribution in [1.82, 2.24) is 0 Å². The number of allylic oxidation sites excluding steroid dienone is 1. The first-order valence-corrected chi connectivity index (χ1v) is 8.72. The third kappa shape index (κ3) is 4.36. The van der Waals surface area contributed by atoms with Crippen molar-refractivity contribution in [2.45, 2.75) is 0 Å². The summed E-state index contributed by atoms with van der Waals surface area (Å²) in [7, 11) is 7.63. The molecule has 144 valence electrons. The van der Waals surface area contributed by atoms with Crippen LogP contribution < -0.4 is 23.7 Å². The molecule has 0 aliphatic rings. The van der Waals surface area contributed by atoms with Crippen molar-refractivity contribution in [3.05, 3.63) is 45.9 Å². The molecule has 6 nitrogen and oxygen atoms in total. The molecule has 27 heavy (non-hydrogen) atoms. The molecule has 0 bridgehead atoms. The summed E-state index contributed by atoms with van der Waals surface area (Å²) in [6.07, 6.45) is 3.16. The molecule has 0 aliphatic heterocycles. The van der Waals surface area contributed by atoms with Crippen molar-refractivity contribution in [2.24, 2.45) is 0 Å². The van der Waals surface area contributed by atoms with Crippen LogP contribution in [0.1, 0.15) is 15.9 Å². The fraction of sp³-hybridized carbons (Fsp3) is 0.250. The van der Waals surface area contributed by atoms with Gasteiger partial charge >= 0.3 is 0 Å². The molecule has 0 saturated heterocycles. The lowest BCUT2D eigenvalue weighted by Crippen LogP contribution is -2.02. The van der Waals surface area contributed by atoms with Gasteiger partial charge in [0.1, 0.15) is 0 Å². The van der Waals surface area contributed by atoms with Crippen molar-refractivity contribution in [3.63, 3.8) is 0 Å². The van der Waals surface area contributed by atoms with Crippen molar-refractivity contribution < 1.29 is 28.5 Å². The lowest BCUT2D eigenvalue weighted by Gasteiger charge is -2.15. The van der Waals surface area contributed by atoms with Gasteiger partial charge < -0.3 is 23.7 Å². The molecule has 0 aromatic heterocycles. The molecule has 0 aliphatic carbocycles. The van der Waals surface area contributed by atoms with E-state index in [0.717, 1.165) is 5.56 Å². The third-order valence-corrected chi connectivity index (χ3v) is 4.66. The molecule has 0 N–H and O–H groups in total. The van der Waals surface area contributed by atoms with Crippen molar-refractivity contribution >= 4 is 27.8 Å². The van der Waals surface area contributed by atoms with Gasteiger partial charge in [-0.1, -0.05) is 12.1 Å². The standard InChI is InChI=1S/C20H21BrO6/c1-23-15-9-7-12(10-16(15)24-2)6-8-14(22)13-11-17(25-3)19(26-4)20(27-5)18(13)21/h6-11H,1-5H3. The van der Waals surface area contributed by atoms with E-state index in [1.165, 1.54) is 27.4 Å². The highest BCUT2D eigenvalue weighted by molar-refractivity contribution is 9.10. The number of carbonyl (C=O) groups excluding carboxylic acids is 1. The maximum Gasteiger partial charge on any atom is 0.204 e. The molecule has 2 aromatic rings. The highest BCUT2D eigenvalue weighted by Crippen LogP contribution is 2.45. The lowest BCUT2D eigenvalue weighted by molar-refractivity contribution is 0.104. The van der Waals surface area contributed by atoms with E-state index in [1.807, 2.05) is 6.07 Å². The van der Waals surface area contributed by atoms with Crippen LogP contribution in [0.15, 0.2) is 34.8 Å². The third-order valence-electron chi connectivity index (χ3n) is 3.87. The van der Waals surface area contributed by atoms with Gasteiger partial charge in [0, 0.05) is 5.56 Å². The topological polar surface area (TPSA) is 63.2 Å². The van der Waals surface area contributed by atoms with E-state index in [4.69, 9.17) is 23.7 Å². The Balaban J connectivity index is 2.39. The molecule has 0 heterocycles. The van der Waals surface area contributed by atoms with Crippen LogP contribution in [0.25, 0.3) is 6.08 Å². The van der Waals surface area contributed by atoms with Crippen LogP contribution in [0.2, 0.25) is 0 Å². The first kappa shape index (κ1) is 20.6. The summed E-state index contributed by atoms with van der Waals surface area (Å²) in [5.74, 6) is 2.18. The number of methoxy groups -OCH3 is 5. The Morgan fingerprint density at radius 3 is 2.00 bits per heavy atom. The molecule has 0 amide bonds. The van der Waals surface area contributed by atoms with Crippen LogP contribution in [0, 0.1) is 0 Å². The number of ketones is 1. The quantitative estimate of drug-likeness (QED) is 0.451. The van der Waals surface area contributed by atoms with E-state index in [0.29, 0.717) is 38.8 Å². The molecular weight excluding hydrogens is 416 g/mol. The van der Waals surface area contributed by atoms with E-state index in [9.17, 15) is 4.79 Å². The highest BCUT2D eigenvalue weighted by Gasteiger charge is 2.21. The van der Waals surface area contributed by atoms with E-state index in [2.05, 4.69) is 15.9 Å². The zero-order chi connectivity index (χ0) is 20.0. The number of rotatable bonds is 8. The fourth-order valence-corrected chi connectivity index (χ4v) is 3.17. The van der Waals surface area contributed by atoms with Crippen LogP contribution in [0.4, 0.5) is 0 Å². The highest BCUT2D eigenvalue weighted by atomic mass is 79.9. The van der Waals surface area contributed by atoms with Gasteiger partial charge in [0.2, 0.25) is 5.75 Å². The minimum atomic E-state index is -0.226. The Hall–Kier alpha value is -2.67. The number of hydrogen-bond acceptors (Lipinski definition) is 6. The number of halogens is 1. The monoisotopic (exact) mass is 436 g/mol. The summed E-state index contributed by atoms with van der Waals surface area (Å²) in [5, 5.41) is 0. The predicted octanol–water partition coefficient (Wildman–Crippen LogP) is 4.39. The van der Waals surface area contributed by atoms with Gasteiger partial charge in [0.05, 0.1) is 40.0 Å². The van der Waals surface area contributed by atoms with Gasteiger partial charge in [-0.25, -0.2) is 0 Å². The summed E-state index contributed by atoms with van der Waals surface area (Å²) in [6.45, 7) is 0. The molecule has 2 rings (SSSR count). The first-order chi connectivity index (χ1) is 13.0. The molecule has 7 heteroatoms. The Bertz CT molecular complexity index is 860. The average molecular weight is 437 g/mol. The second kappa shape index (κ2) is 9.32. The summed E-state index contributed by atoms with van der Waals surface area (Å²) in [6, 6.07) is 6.99. The summed E-state index contributed by atoms with van der Waals surface area (Å²) >= 11 is 3.41. The number of hydrogen-bond donors (Lipinski definition) is 0. The predicted molar refractivity (Wildman–Crippen MR) is 107 cm³/mol. The average Bonchev–Trinajstić information content (AvgIpc) is 2.70. The van der Waals surface area contributed by atoms with Gasteiger partial charge in [0.25, 0.3) is 0 Å². The Labute approximate surface area is 166 Å². The summed E-state index contributed by atoms with van der Waals surface area (Å²) in [4.78, 5) is 12.7. The van der Waals surface area contributed by atoms with Gasteiger partial charge in [-0.05, 0) is 45.8 Å². The van der Waals surface area contributed by atoms with Gasteiger partial charge in [-0.2, -0.15) is 0 Å². The minimum absolute atomic E-state index is 0.226. The SMILES string of the molecule is COc1ccc(C=CC(=O)c2cc(OC)c(OC)c(OC)c2Br)cc1OC. The number of benzene rings is 2. The lowest BCUT2D eigenvalue weighted by atomic mass is 10.1. The van der Waals surface area contributed by atoms with Crippen molar-refractivity contribution in [3.8, 4) is 28.7 Å². The molecule has 0 unspecified atom stereocenters. The van der Waals surface area contributed by atoms with Crippen LogP contribution in [-0.4, -0.2) is 41.3 Å². The molecule has 0 fully saturated rings. The van der Waals surface area contributed by atoms with Crippen molar-refractivity contribution in [2.75, 3.05) is 35.5 Å². The summed E-state index contributed by atoms with van der Waals surface area (Å²) in [5.41, 5.74) is 1.19. The maximum atomic E-state index is 12.7. The van der Waals surface area contributed by atoms with Gasteiger partial charge in [-0.3, -0.25) is 4.79 Å². The van der Waals surface area contributed by atoms with Crippen LogP contribution in [-0.2, 0) is 0 Å². The van der Waals surface area contributed by atoms with Crippen molar-refractivity contribution in [1.29, 1.82) is 0 Å². The van der Waals surface area contributed by atoms with E-state index in [1.54, 1.807) is 38.5 Å². The summed E-state index contributed by atoms with van der Waals surface area (Å²) < 4.78 is 27.0. The second-order valence-corrected chi connectivity index (χ2v) is 6.11. The minimum Gasteiger partial charge on any atom is -0.493 e. The van der Waals surface area contributed by atoms with Gasteiger partial charge in [0.15, 0.2) is 28.8 Å². The molecular formula is C20H21BrO6. The van der Waals surface area contributed by atoms with Crippen LogP contribution in [0.3, 0.4) is 0 Å². The number of carbonyl (C=O) groups is 1. The zero-order valence-corrected chi connectivity index (χ0v) is 17.4. The Morgan fingerprint density at radius 2 is 1.44 bits per heavy atom. The Kier molecular flexibility index (Phi) is 7.12. The zero-order valence-electron chi connectivity index (χ0n) is 15.8. The Morgan fingerprint density at radius 1 is 0.815 bits per heavy atom. The molecule has 0 atom stereocenters. The molecule has 0 radical (unpaired) electrons. The van der Waals surface area contributed by atoms with Crippen LogP contribution >= 0.6 is 15.9 Å². The fourth-order valence-electron chi connectivity index (χ4n) is 2.52. The van der Waals surface area contributed by atoms with E-state index < -0.39 is 0 Å². The largest absolute Gasteiger partial charge is 0.493 e.